The number of piperidine rings is 1. The minimum absolute atomic E-state index is 0. The van der Waals surface area contributed by atoms with Crippen LogP contribution in [0.15, 0.2) is 24.3 Å². The van der Waals surface area contributed by atoms with Crippen molar-refractivity contribution in [3.8, 4) is 0 Å². The van der Waals surface area contributed by atoms with Crippen LogP contribution < -0.4 is 10.6 Å². The number of hydrogen-bond acceptors (Lipinski definition) is 4. The minimum atomic E-state index is -0.0752. The molecule has 164 valence electrons. The van der Waals surface area contributed by atoms with Gasteiger partial charge in [0.15, 0.2) is 0 Å². The van der Waals surface area contributed by atoms with Gasteiger partial charge in [0.25, 0.3) is 0 Å². The molecule has 2 aliphatic rings. The zero-order valence-corrected chi connectivity index (χ0v) is 19.0. The molecule has 29 heavy (non-hydrogen) atoms. The molecule has 2 aliphatic heterocycles. The molecular formula is C20H31Cl3N4O2. The van der Waals surface area contributed by atoms with Gasteiger partial charge in [0, 0.05) is 32.6 Å². The molecule has 0 radical (unpaired) electrons. The molecule has 0 unspecified atom stereocenters. The third kappa shape index (κ3) is 8.30. The Balaban J connectivity index is 0.00000210. The second-order valence-corrected chi connectivity index (χ2v) is 7.82. The smallest absolute Gasteiger partial charge is 0.238 e. The van der Waals surface area contributed by atoms with Crippen LogP contribution in [0.5, 0.6) is 0 Å². The van der Waals surface area contributed by atoms with Crippen LogP contribution in [-0.2, 0) is 9.59 Å². The zero-order chi connectivity index (χ0) is 19.1. The summed E-state index contributed by atoms with van der Waals surface area (Å²) in [7, 11) is 0. The van der Waals surface area contributed by atoms with Crippen molar-refractivity contribution in [3.63, 3.8) is 0 Å². The lowest BCUT2D eigenvalue weighted by atomic mass is 9.93. The molecule has 0 saturated carbocycles. The van der Waals surface area contributed by atoms with Crippen LogP contribution in [0.25, 0.3) is 0 Å². The van der Waals surface area contributed by atoms with E-state index in [1.807, 2.05) is 17.0 Å². The number of nitrogens with zero attached hydrogens (tertiary/aromatic N) is 2. The fourth-order valence-corrected chi connectivity index (χ4v) is 3.95. The average Bonchev–Trinajstić information content (AvgIpc) is 2.69. The molecular weight excluding hydrogens is 435 g/mol. The Kier molecular flexibility index (Phi) is 11.9. The van der Waals surface area contributed by atoms with Crippen molar-refractivity contribution in [2.24, 2.45) is 5.92 Å². The monoisotopic (exact) mass is 464 g/mol. The average molecular weight is 466 g/mol. The Hall–Kier alpha value is -1.05. The lowest BCUT2D eigenvalue weighted by Crippen LogP contribution is -2.50. The normalized spacial score (nSPS) is 17.8. The van der Waals surface area contributed by atoms with E-state index in [0.29, 0.717) is 42.7 Å². The van der Waals surface area contributed by atoms with Gasteiger partial charge in [-0.15, -0.1) is 24.8 Å². The van der Waals surface area contributed by atoms with Crippen molar-refractivity contribution < 1.29 is 9.59 Å². The van der Waals surface area contributed by atoms with Gasteiger partial charge < -0.3 is 15.5 Å². The number of carbonyl (C=O) groups is 2. The minimum Gasteiger partial charge on any atom is -0.340 e. The van der Waals surface area contributed by atoms with Crippen molar-refractivity contribution in [1.29, 1.82) is 0 Å². The summed E-state index contributed by atoms with van der Waals surface area (Å²) in [6.45, 7) is 5.34. The molecule has 3 rings (SSSR count). The van der Waals surface area contributed by atoms with E-state index in [9.17, 15) is 9.59 Å². The summed E-state index contributed by atoms with van der Waals surface area (Å²) in [5.74, 6) is 0.868. The van der Waals surface area contributed by atoms with E-state index in [0.717, 1.165) is 32.6 Å². The first-order valence-electron chi connectivity index (χ1n) is 9.87. The fourth-order valence-electron chi connectivity index (χ4n) is 3.77. The van der Waals surface area contributed by atoms with Crippen molar-refractivity contribution >= 4 is 53.9 Å². The molecule has 9 heteroatoms. The summed E-state index contributed by atoms with van der Waals surface area (Å²) >= 11 is 6.07. The predicted molar refractivity (Wildman–Crippen MR) is 122 cm³/mol. The fraction of sp³-hybridized carbons (Fsp3) is 0.600. The SMILES string of the molecule is Cl.Cl.O=C(CN1CCN(C(=O)CCC2CCNCC2)CC1)Nc1ccccc1Cl. The maximum Gasteiger partial charge on any atom is 0.238 e. The number of halogens is 3. The van der Waals surface area contributed by atoms with Gasteiger partial charge in [0.05, 0.1) is 17.3 Å². The molecule has 0 bridgehead atoms. The number of benzene rings is 1. The second kappa shape index (κ2) is 13.3. The van der Waals surface area contributed by atoms with Gasteiger partial charge in [-0.2, -0.15) is 0 Å². The van der Waals surface area contributed by atoms with Gasteiger partial charge in [-0.3, -0.25) is 14.5 Å². The maximum absolute atomic E-state index is 12.4. The highest BCUT2D eigenvalue weighted by molar-refractivity contribution is 6.33. The number of rotatable bonds is 6. The molecule has 2 amide bonds. The molecule has 2 saturated heterocycles. The van der Waals surface area contributed by atoms with Gasteiger partial charge in [0.1, 0.15) is 0 Å². The van der Waals surface area contributed by atoms with Crippen LogP contribution in [0.3, 0.4) is 0 Å². The van der Waals surface area contributed by atoms with E-state index in [1.165, 1.54) is 12.8 Å². The van der Waals surface area contributed by atoms with Gasteiger partial charge in [-0.05, 0) is 50.4 Å². The number of hydrogen-bond donors (Lipinski definition) is 2. The Bertz CT molecular complexity index is 648. The molecule has 1 aromatic rings. The summed E-state index contributed by atoms with van der Waals surface area (Å²) < 4.78 is 0. The highest BCUT2D eigenvalue weighted by Gasteiger charge is 2.23. The summed E-state index contributed by atoms with van der Waals surface area (Å²) in [4.78, 5) is 28.7. The van der Waals surface area contributed by atoms with Gasteiger partial charge in [-0.1, -0.05) is 23.7 Å². The van der Waals surface area contributed by atoms with Crippen LogP contribution in [-0.4, -0.2) is 67.4 Å². The molecule has 0 atom stereocenters. The Morgan fingerprint density at radius 3 is 2.38 bits per heavy atom. The van der Waals surface area contributed by atoms with E-state index >= 15 is 0 Å². The van der Waals surface area contributed by atoms with E-state index in [1.54, 1.807) is 12.1 Å². The largest absolute Gasteiger partial charge is 0.340 e. The van der Waals surface area contributed by atoms with Crippen molar-refractivity contribution in [3.05, 3.63) is 29.3 Å². The van der Waals surface area contributed by atoms with Crippen molar-refractivity contribution in [2.75, 3.05) is 51.1 Å². The number of nitrogens with one attached hydrogen (secondary N) is 2. The molecule has 0 aliphatic carbocycles. The number of anilines is 1. The highest BCUT2D eigenvalue weighted by atomic mass is 35.5. The molecule has 1 aromatic carbocycles. The summed E-state index contributed by atoms with van der Waals surface area (Å²) in [5, 5.41) is 6.75. The Labute approximate surface area is 190 Å². The van der Waals surface area contributed by atoms with Gasteiger partial charge >= 0.3 is 0 Å². The number of piperazine rings is 1. The Morgan fingerprint density at radius 1 is 1.07 bits per heavy atom. The van der Waals surface area contributed by atoms with Crippen LogP contribution in [0.4, 0.5) is 5.69 Å². The first-order valence-corrected chi connectivity index (χ1v) is 10.2. The maximum atomic E-state index is 12.4. The van der Waals surface area contributed by atoms with Gasteiger partial charge in [0.2, 0.25) is 11.8 Å². The first kappa shape index (κ1) is 26.0. The lowest BCUT2D eigenvalue weighted by Gasteiger charge is -2.34. The Morgan fingerprint density at radius 2 is 1.72 bits per heavy atom. The molecule has 2 fully saturated rings. The first-order chi connectivity index (χ1) is 13.1. The number of carbonyl (C=O) groups excluding carboxylic acids is 2. The van der Waals surface area contributed by atoms with Crippen LogP contribution in [0.2, 0.25) is 5.02 Å². The summed E-state index contributed by atoms with van der Waals surface area (Å²) in [6.07, 6.45) is 4.02. The molecule has 2 N–H and O–H groups in total. The van der Waals surface area contributed by atoms with Crippen LogP contribution in [0, 0.1) is 5.92 Å². The van der Waals surface area contributed by atoms with Crippen molar-refractivity contribution in [2.45, 2.75) is 25.7 Å². The third-order valence-electron chi connectivity index (χ3n) is 5.47. The lowest BCUT2D eigenvalue weighted by molar-refractivity contribution is -0.133. The number of para-hydroxylation sites is 1. The number of amides is 2. The highest BCUT2D eigenvalue weighted by Crippen LogP contribution is 2.21. The molecule has 0 spiro atoms. The molecule has 6 nitrogen and oxygen atoms in total. The van der Waals surface area contributed by atoms with E-state index < -0.39 is 0 Å². The second-order valence-electron chi connectivity index (χ2n) is 7.42. The standard InChI is InChI=1S/C20H29ClN4O2.2ClH/c21-17-3-1-2-4-18(17)23-19(26)15-24-11-13-25(14-12-24)20(27)6-5-16-7-9-22-10-8-16;;/h1-4,16,22H,5-15H2,(H,23,26);2*1H. The quantitative estimate of drug-likeness (QED) is 0.678. The van der Waals surface area contributed by atoms with E-state index in [4.69, 9.17) is 11.6 Å². The third-order valence-corrected chi connectivity index (χ3v) is 5.79. The summed E-state index contributed by atoms with van der Waals surface area (Å²) in [5.41, 5.74) is 0.635. The van der Waals surface area contributed by atoms with E-state index in [2.05, 4.69) is 15.5 Å². The van der Waals surface area contributed by atoms with Gasteiger partial charge in [-0.25, -0.2) is 0 Å². The van der Waals surface area contributed by atoms with Crippen LogP contribution in [0.1, 0.15) is 25.7 Å². The van der Waals surface area contributed by atoms with Crippen molar-refractivity contribution in [1.82, 2.24) is 15.1 Å². The van der Waals surface area contributed by atoms with E-state index in [-0.39, 0.29) is 36.6 Å². The molecule has 2 heterocycles. The molecule has 0 aromatic heterocycles. The zero-order valence-electron chi connectivity index (χ0n) is 16.6. The summed E-state index contributed by atoms with van der Waals surface area (Å²) in [6, 6.07) is 7.22. The van der Waals surface area contributed by atoms with Crippen LogP contribution >= 0.6 is 36.4 Å². The predicted octanol–water partition coefficient (Wildman–Crippen LogP) is 3.05. The topological polar surface area (TPSA) is 64.7 Å².